The summed E-state index contributed by atoms with van der Waals surface area (Å²) >= 11 is 0. The van der Waals surface area contributed by atoms with Gasteiger partial charge in [-0.1, -0.05) is 37.3 Å². The number of aromatic nitrogens is 2. The summed E-state index contributed by atoms with van der Waals surface area (Å²) in [5.41, 5.74) is 5.17. The topological polar surface area (TPSA) is 63.8 Å². The summed E-state index contributed by atoms with van der Waals surface area (Å²) in [6.07, 6.45) is 6.14. The maximum absolute atomic E-state index is 5.71. The van der Waals surface area contributed by atoms with Crippen LogP contribution in [0.15, 0.2) is 49.1 Å². The van der Waals surface area contributed by atoms with Crippen LogP contribution in [0.5, 0.6) is 0 Å². The molecular weight excluding hydrogens is 224 g/mol. The van der Waals surface area contributed by atoms with E-state index in [1.807, 2.05) is 30.6 Å². The summed E-state index contributed by atoms with van der Waals surface area (Å²) < 4.78 is 0. The molecule has 0 amide bonds. The van der Waals surface area contributed by atoms with Gasteiger partial charge in [0.1, 0.15) is 6.33 Å². The number of rotatable bonds is 5. The van der Waals surface area contributed by atoms with Crippen molar-refractivity contribution >= 4 is 0 Å². The molecule has 1 aromatic carbocycles. The van der Waals surface area contributed by atoms with Crippen molar-refractivity contribution in [2.75, 3.05) is 0 Å². The van der Waals surface area contributed by atoms with E-state index in [9.17, 15) is 0 Å². The molecule has 1 aromatic heterocycles. The molecule has 2 atom stereocenters. The lowest BCUT2D eigenvalue weighted by Gasteiger charge is -2.25. The second kappa shape index (κ2) is 6.23. The van der Waals surface area contributed by atoms with Crippen molar-refractivity contribution in [3.8, 4) is 0 Å². The van der Waals surface area contributed by atoms with Gasteiger partial charge in [0.25, 0.3) is 0 Å². The minimum Gasteiger partial charge on any atom is -0.271 e. The highest BCUT2D eigenvalue weighted by Crippen LogP contribution is 2.32. The fraction of sp³-hybridized carbons (Fsp3) is 0.286. The van der Waals surface area contributed by atoms with Crippen LogP contribution in [0, 0.1) is 0 Å². The Morgan fingerprint density at radius 3 is 2.33 bits per heavy atom. The van der Waals surface area contributed by atoms with E-state index >= 15 is 0 Å². The lowest BCUT2D eigenvalue weighted by molar-refractivity contribution is 0.443. The van der Waals surface area contributed by atoms with E-state index in [2.05, 4.69) is 34.5 Å². The number of benzene rings is 1. The molecule has 0 aliphatic rings. The molecule has 2 aromatic rings. The van der Waals surface area contributed by atoms with E-state index in [-0.39, 0.29) is 6.04 Å². The van der Waals surface area contributed by atoms with E-state index in [4.69, 9.17) is 5.84 Å². The second-order valence-electron chi connectivity index (χ2n) is 4.24. The van der Waals surface area contributed by atoms with Crippen LogP contribution in [0.4, 0.5) is 0 Å². The molecule has 3 N–H and O–H groups in total. The molecular formula is C14H18N4. The first kappa shape index (κ1) is 12.7. The summed E-state index contributed by atoms with van der Waals surface area (Å²) in [4.78, 5) is 8.11. The van der Waals surface area contributed by atoms with Crippen LogP contribution in [-0.4, -0.2) is 9.97 Å². The van der Waals surface area contributed by atoms with Crippen LogP contribution in [-0.2, 0) is 0 Å². The zero-order valence-corrected chi connectivity index (χ0v) is 10.5. The molecule has 94 valence electrons. The smallest absolute Gasteiger partial charge is 0.115 e. The van der Waals surface area contributed by atoms with Crippen LogP contribution in [0.25, 0.3) is 0 Å². The molecule has 4 nitrogen and oxygen atoms in total. The maximum atomic E-state index is 5.71. The molecule has 0 saturated heterocycles. The quantitative estimate of drug-likeness (QED) is 0.623. The van der Waals surface area contributed by atoms with Gasteiger partial charge in [0.05, 0.1) is 6.04 Å². The molecule has 2 unspecified atom stereocenters. The Morgan fingerprint density at radius 2 is 1.78 bits per heavy atom. The van der Waals surface area contributed by atoms with Crippen LogP contribution < -0.4 is 11.3 Å². The molecule has 4 heteroatoms. The summed E-state index contributed by atoms with van der Waals surface area (Å²) in [7, 11) is 0. The average molecular weight is 242 g/mol. The van der Waals surface area contributed by atoms with Gasteiger partial charge >= 0.3 is 0 Å². The molecule has 0 saturated carbocycles. The molecule has 0 fully saturated rings. The van der Waals surface area contributed by atoms with Gasteiger partial charge < -0.3 is 0 Å². The molecule has 0 radical (unpaired) electrons. The van der Waals surface area contributed by atoms with E-state index in [0.29, 0.717) is 5.92 Å². The van der Waals surface area contributed by atoms with Crippen LogP contribution >= 0.6 is 0 Å². The van der Waals surface area contributed by atoms with Crippen molar-refractivity contribution in [3.63, 3.8) is 0 Å². The predicted molar refractivity (Wildman–Crippen MR) is 71.6 cm³/mol. The standard InChI is InChI=1S/C14H18N4/c1-2-13(11-6-4-3-5-7-11)14(18-15)12-8-16-10-17-9-12/h3-10,13-14,18H,2,15H2,1H3. The van der Waals surface area contributed by atoms with Crippen molar-refractivity contribution in [1.82, 2.24) is 15.4 Å². The van der Waals surface area contributed by atoms with Gasteiger partial charge in [-0.15, -0.1) is 0 Å². The number of nitrogens with one attached hydrogen (secondary N) is 1. The third kappa shape index (κ3) is 2.72. The van der Waals surface area contributed by atoms with E-state index in [1.165, 1.54) is 11.9 Å². The zero-order chi connectivity index (χ0) is 12.8. The Hall–Kier alpha value is -1.78. The third-order valence-corrected chi connectivity index (χ3v) is 3.19. The van der Waals surface area contributed by atoms with Crippen molar-refractivity contribution in [1.29, 1.82) is 0 Å². The first-order valence-electron chi connectivity index (χ1n) is 6.12. The summed E-state index contributed by atoms with van der Waals surface area (Å²) in [6, 6.07) is 10.4. The molecule has 2 rings (SSSR count). The minimum absolute atomic E-state index is 0.0265. The van der Waals surface area contributed by atoms with Crippen molar-refractivity contribution in [2.24, 2.45) is 5.84 Å². The van der Waals surface area contributed by atoms with Gasteiger partial charge in [-0.2, -0.15) is 0 Å². The molecule has 18 heavy (non-hydrogen) atoms. The lowest BCUT2D eigenvalue weighted by Crippen LogP contribution is -2.32. The van der Waals surface area contributed by atoms with Crippen LogP contribution in [0.2, 0.25) is 0 Å². The lowest BCUT2D eigenvalue weighted by atomic mass is 9.86. The SMILES string of the molecule is CCC(c1ccccc1)C(NN)c1cncnc1. The number of hydrogen-bond donors (Lipinski definition) is 2. The monoisotopic (exact) mass is 242 g/mol. The molecule has 0 spiro atoms. The van der Waals surface area contributed by atoms with Gasteiger partial charge in [0, 0.05) is 23.9 Å². The largest absolute Gasteiger partial charge is 0.271 e. The number of hydrazine groups is 1. The molecule has 0 aliphatic heterocycles. The molecule has 0 aliphatic carbocycles. The van der Waals surface area contributed by atoms with E-state index in [0.717, 1.165) is 12.0 Å². The molecule has 0 bridgehead atoms. The van der Waals surface area contributed by atoms with Gasteiger partial charge in [0.2, 0.25) is 0 Å². The third-order valence-electron chi connectivity index (χ3n) is 3.19. The fourth-order valence-electron chi connectivity index (χ4n) is 2.28. The van der Waals surface area contributed by atoms with Gasteiger partial charge in [0.15, 0.2) is 0 Å². The Bertz CT molecular complexity index is 412. The summed E-state index contributed by atoms with van der Waals surface area (Å²) in [6.45, 7) is 2.16. The number of nitrogens with zero attached hydrogens (tertiary/aromatic N) is 2. The summed E-state index contributed by atoms with van der Waals surface area (Å²) in [5, 5.41) is 0. The zero-order valence-electron chi connectivity index (χ0n) is 10.5. The predicted octanol–water partition coefficient (Wildman–Crippen LogP) is 2.17. The van der Waals surface area contributed by atoms with Gasteiger partial charge in [-0.05, 0) is 12.0 Å². The highest BCUT2D eigenvalue weighted by molar-refractivity contribution is 5.25. The highest BCUT2D eigenvalue weighted by atomic mass is 15.2. The number of hydrogen-bond acceptors (Lipinski definition) is 4. The van der Waals surface area contributed by atoms with E-state index in [1.54, 1.807) is 0 Å². The Balaban J connectivity index is 2.31. The Labute approximate surface area is 107 Å². The normalized spacial score (nSPS) is 14.1. The second-order valence-corrected chi connectivity index (χ2v) is 4.24. The van der Waals surface area contributed by atoms with Gasteiger partial charge in [-0.3, -0.25) is 11.3 Å². The fourth-order valence-corrected chi connectivity index (χ4v) is 2.28. The summed E-state index contributed by atoms with van der Waals surface area (Å²) in [5.74, 6) is 6.02. The Morgan fingerprint density at radius 1 is 1.11 bits per heavy atom. The van der Waals surface area contributed by atoms with Crippen LogP contribution in [0.3, 0.4) is 0 Å². The average Bonchev–Trinajstić information content (AvgIpc) is 2.46. The first-order valence-corrected chi connectivity index (χ1v) is 6.12. The molecule has 1 heterocycles. The Kier molecular flexibility index (Phi) is 4.39. The minimum atomic E-state index is 0.0265. The van der Waals surface area contributed by atoms with Crippen molar-refractivity contribution in [2.45, 2.75) is 25.3 Å². The highest BCUT2D eigenvalue weighted by Gasteiger charge is 2.22. The first-order chi connectivity index (χ1) is 8.86. The van der Waals surface area contributed by atoms with E-state index < -0.39 is 0 Å². The van der Waals surface area contributed by atoms with Crippen molar-refractivity contribution < 1.29 is 0 Å². The van der Waals surface area contributed by atoms with Crippen LogP contribution in [0.1, 0.15) is 36.4 Å². The van der Waals surface area contributed by atoms with Gasteiger partial charge in [-0.25, -0.2) is 9.97 Å². The van der Waals surface area contributed by atoms with Crippen molar-refractivity contribution in [3.05, 3.63) is 60.2 Å². The number of nitrogens with two attached hydrogens (primary N) is 1. The maximum Gasteiger partial charge on any atom is 0.115 e.